The van der Waals surface area contributed by atoms with E-state index in [1.807, 2.05) is 0 Å². The van der Waals surface area contributed by atoms with Crippen LogP contribution < -0.4 is 0 Å². The second kappa shape index (κ2) is 19.6. The van der Waals surface area contributed by atoms with Gasteiger partial charge in [-0.2, -0.15) is 0 Å². The Morgan fingerprint density at radius 2 is 0.538 bits per heavy atom. The first-order chi connectivity index (χ1) is 38.7. The molecule has 16 rings (SSSR count). The molecule has 0 radical (unpaired) electrons. The summed E-state index contributed by atoms with van der Waals surface area (Å²) < 4.78 is 5.86. The summed E-state index contributed by atoms with van der Waals surface area (Å²) in [5.41, 5.74) is 12.9. The van der Waals surface area contributed by atoms with E-state index >= 15 is 0 Å². The molecule has 364 valence electrons. The van der Waals surface area contributed by atoms with Crippen molar-refractivity contribution in [1.29, 1.82) is 0 Å². The predicted molar refractivity (Wildman–Crippen MR) is 339 cm³/mol. The van der Waals surface area contributed by atoms with Crippen molar-refractivity contribution in [1.82, 2.24) is 0 Å². The van der Waals surface area contributed by atoms with Crippen LogP contribution in [0, 0.1) is 0 Å². The third kappa shape index (κ3) is 8.22. The molecule has 78 heavy (non-hydrogen) atoms. The van der Waals surface area contributed by atoms with Gasteiger partial charge in [0.25, 0.3) is 0 Å². The van der Waals surface area contributed by atoms with Crippen LogP contribution in [0.15, 0.2) is 291 Å². The van der Waals surface area contributed by atoms with E-state index in [2.05, 4.69) is 291 Å². The van der Waals surface area contributed by atoms with E-state index in [0.29, 0.717) is 14.5 Å². The number of benzene rings is 14. The van der Waals surface area contributed by atoms with E-state index in [1.54, 1.807) is 0 Å². The molecule has 2 heteroatoms. The molecule has 0 bridgehead atoms. The molecule has 2 heterocycles. The average Bonchev–Trinajstić information content (AvgIpc) is 4.28. The average molecular weight is 1120 g/mol. The fraction of sp³-hybridized carbons (Fsp3) is 0. The van der Waals surface area contributed by atoms with E-state index in [9.17, 15) is 0 Å². The van der Waals surface area contributed by atoms with Gasteiger partial charge in [-0.15, -0.1) is 0 Å². The Hall–Kier alpha value is -8.84. The molecule has 0 aliphatic rings. The van der Waals surface area contributed by atoms with Crippen molar-refractivity contribution in [3.8, 4) is 64.5 Å². The van der Waals surface area contributed by atoms with Gasteiger partial charge in [0.1, 0.15) is 0 Å². The predicted octanol–water partition coefficient (Wildman–Crippen LogP) is 20.7. The topological polar surface area (TPSA) is 0 Å². The van der Waals surface area contributed by atoms with Crippen LogP contribution in [0.2, 0.25) is 0 Å². The molecular weight excluding hydrogens is 1070 g/mol. The van der Waals surface area contributed by atoms with Gasteiger partial charge in [-0.25, -0.2) is 0 Å². The molecule has 0 atom stereocenters. The Labute approximate surface area is 465 Å². The molecular formula is C76H48Se2. The molecule has 0 saturated heterocycles. The van der Waals surface area contributed by atoms with E-state index < -0.39 is 0 Å². The third-order valence-electron chi connectivity index (χ3n) is 15.7. The van der Waals surface area contributed by atoms with Crippen LogP contribution in [0.25, 0.3) is 148 Å². The Morgan fingerprint density at radius 3 is 1.04 bits per heavy atom. The van der Waals surface area contributed by atoms with Crippen LogP contribution in [-0.2, 0) is 0 Å². The van der Waals surface area contributed by atoms with Crippen molar-refractivity contribution in [2.45, 2.75) is 0 Å². The zero-order chi connectivity index (χ0) is 51.5. The minimum atomic E-state index is 0.250. The molecule has 0 unspecified atom stereocenters. The Morgan fingerprint density at radius 1 is 0.179 bits per heavy atom. The number of fused-ring (bicyclic) bond motifs is 14. The molecule has 0 spiro atoms. The zero-order valence-corrected chi connectivity index (χ0v) is 46.0. The van der Waals surface area contributed by atoms with Gasteiger partial charge in [-0.1, -0.05) is 42.5 Å². The minimum absolute atomic E-state index is 0.250. The summed E-state index contributed by atoms with van der Waals surface area (Å²) in [6.07, 6.45) is 0. The van der Waals surface area contributed by atoms with Gasteiger partial charge in [-0.05, 0) is 5.39 Å². The molecule has 16 aromatic rings. The normalized spacial score (nSPS) is 11.6. The standard InChI is InChI=1S/C44H28Se.C32H20Se/c1-3-12-29(13-4-1)43-41-28-34(23-25-42(41)45-44(43)30-14-5-2-6-15-30)32-17-11-16-31(26-32)33-22-24-39-37-20-8-7-18-35(37)36-19-9-10-21-38(36)40(39)27-33;1-6-15-31-24(8-1)20-32(33-31)23-10-7-9-21(18-23)22-16-17-29-27-13-3-2-11-25(27)26-12-4-5-14-28(26)30(29)19-22/h1-28H;1-20H. The Balaban J connectivity index is 0.000000142. The first-order valence-electron chi connectivity index (χ1n) is 26.7. The molecule has 0 N–H and O–H groups in total. The number of rotatable bonds is 6. The van der Waals surface area contributed by atoms with Gasteiger partial charge in [0.05, 0.1) is 0 Å². The van der Waals surface area contributed by atoms with Gasteiger partial charge in [0.2, 0.25) is 0 Å². The quantitative estimate of drug-likeness (QED) is 0.115. The number of hydrogen-bond donors (Lipinski definition) is 0. The SMILES string of the molecule is c1cc(-c2ccc3c4ccccc4c4ccccc4c3c2)cc(-c2cc3ccccc3[se]2)c1.c1ccc(-c2[se]c3ccc(-c4cccc(-c5ccc6c7ccccc7c7ccccc7c6c5)c4)cc3c2-c2ccccc2)cc1. The van der Waals surface area contributed by atoms with E-state index in [4.69, 9.17) is 0 Å². The van der Waals surface area contributed by atoms with Crippen molar-refractivity contribution in [2.75, 3.05) is 0 Å². The van der Waals surface area contributed by atoms with Crippen molar-refractivity contribution >= 4 is 113 Å². The van der Waals surface area contributed by atoms with Gasteiger partial charge in [0, 0.05) is 0 Å². The summed E-state index contributed by atoms with van der Waals surface area (Å²) in [5, 5.41) is 18.5. The third-order valence-corrected chi connectivity index (χ3v) is 20.7. The van der Waals surface area contributed by atoms with Gasteiger partial charge in [0.15, 0.2) is 0 Å². The maximum absolute atomic E-state index is 2.43. The molecule has 0 saturated carbocycles. The zero-order valence-electron chi connectivity index (χ0n) is 42.5. The van der Waals surface area contributed by atoms with Gasteiger partial charge in [-0.3, -0.25) is 0 Å². The second-order valence-electron chi connectivity index (χ2n) is 20.3. The Kier molecular flexibility index (Phi) is 11.7. The summed E-state index contributed by atoms with van der Waals surface area (Å²) in [6, 6.07) is 107. The molecule has 0 nitrogen and oxygen atoms in total. The van der Waals surface area contributed by atoms with Crippen molar-refractivity contribution < 1.29 is 0 Å². The van der Waals surface area contributed by atoms with Crippen molar-refractivity contribution in [3.63, 3.8) is 0 Å². The maximum atomic E-state index is 2.43. The summed E-state index contributed by atoms with van der Waals surface area (Å²) in [4.78, 5) is 0. The van der Waals surface area contributed by atoms with Crippen LogP contribution in [0.5, 0.6) is 0 Å². The first-order valence-corrected chi connectivity index (χ1v) is 30.1. The molecule has 0 aliphatic carbocycles. The monoisotopic (exact) mass is 1120 g/mol. The fourth-order valence-corrected chi connectivity index (χ4v) is 16.8. The second-order valence-corrected chi connectivity index (χ2v) is 24.7. The molecule has 0 aliphatic heterocycles. The van der Waals surface area contributed by atoms with E-state index in [0.717, 1.165) is 0 Å². The summed E-state index contributed by atoms with van der Waals surface area (Å²) in [7, 11) is 0. The molecule has 14 aromatic carbocycles. The summed E-state index contributed by atoms with van der Waals surface area (Å²) in [5.74, 6) is 0. The van der Waals surface area contributed by atoms with E-state index in [-0.39, 0.29) is 14.5 Å². The van der Waals surface area contributed by atoms with Crippen molar-refractivity contribution in [2.24, 2.45) is 0 Å². The van der Waals surface area contributed by atoms with Crippen LogP contribution in [-0.4, -0.2) is 29.0 Å². The first kappa shape index (κ1) is 46.5. The van der Waals surface area contributed by atoms with Crippen LogP contribution in [0.1, 0.15) is 0 Å². The van der Waals surface area contributed by atoms with Crippen molar-refractivity contribution in [3.05, 3.63) is 291 Å². The van der Waals surface area contributed by atoms with Crippen LogP contribution in [0.3, 0.4) is 0 Å². The molecule has 2 aromatic heterocycles. The van der Waals surface area contributed by atoms with Crippen LogP contribution >= 0.6 is 0 Å². The van der Waals surface area contributed by atoms with E-state index in [1.165, 1.54) is 148 Å². The molecule has 0 amide bonds. The summed E-state index contributed by atoms with van der Waals surface area (Å²) in [6.45, 7) is 0. The fourth-order valence-electron chi connectivity index (χ4n) is 12.0. The van der Waals surface area contributed by atoms with Gasteiger partial charge < -0.3 is 0 Å². The van der Waals surface area contributed by atoms with Gasteiger partial charge >= 0.3 is 421 Å². The molecule has 0 fully saturated rings. The Bertz CT molecular complexity index is 4860. The number of hydrogen-bond acceptors (Lipinski definition) is 0. The summed E-state index contributed by atoms with van der Waals surface area (Å²) >= 11 is 0.619. The van der Waals surface area contributed by atoms with Crippen LogP contribution in [0.4, 0.5) is 0 Å².